The molecule has 104 valence electrons. The minimum Gasteiger partial charge on any atom is -0.387 e. The Morgan fingerprint density at radius 2 is 1.89 bits per heavy atom. The van der Waals surface area contributed by atoms with Crippen LogP contribution in [0.2, 0.25) is 0 Å². The molecule has 1 heterocycles. The highest BCUT2D eigenvalue weighted by Gasteiger charge is 2.21. The summed E-state index contributed by atoms with van der Waals surface area (Å²) in [6.07, 6.45) is 0.128. The largest absolute Gasteiger partial charge is 0.387 e. The van der Waals surface area contributed by atoms with Crippen LogP contribution in [0.4, 0.5) is 0 Å². The summed E-state index contributed by atoms with van der Waals surface area (Å²) in [5.74, 6) is 0. The highest BCUT2D eigenvalue weighted by molar-refractivity contribution is 5.11. The minimum absolute atomic E-state index is 0.480. The molecule has 18 heavy (non-hydrogen) atoms. The van der Waals surface area contributed by atoms with Gasteiger partial charge in [0.1, 0.15) is 6.10 Å². The van der Waals surface area contributed by atoms with Crippen molar-refractivity contribution in [2.75, 3.05) is 13.2 Å². The molecule has 0 saturated carbocycles. The van der Waals surface area contributed by atoms with E-state index in [0.717, 1.165) is 17.8 Å². The Balaban J connectivity index is 2.65. The Kier molecular flexibility index (Phi) is 6.32. The van der Waals surface area contributed by atoms with Crippen molar-refractivity contribution in [2.45, 2.75) is 46.0 Å². The number of aromatic nitrogens is 2. The predicted molar refractivity (Wildman–Crippen MR) is 69.3 cm³/mol. The molecular formula is C13H24N2O3. The number of hydrogen-bond donors (Lipinski definition) is 1. The van der Waals surface area contributed by atoms with Crippen LogP contribution < -0.4 is 0 Å². The van der Waals surface area contributed by atoms with Crippen LogP contribution in [0.15, 0.2) is 6.07 Å². The third-order valence-electron chi connectivity index (χ3n) is 2.78. The van der Waals surface area contributed by atoms with Gasteiger partial charge in [-0.15, -0.1) is 0 Å². The van der Waals surface area contributed by atoms with Crippen molar-refractivity contribution in [2.24, 2.45) is 7.05 Å². The molecule has 1 aromatic heterocycles. The first-order valence-corrected chi connectivity index (χ1v) is 6.55. The van der Waals surface area contributed by atoms with Crippen LogP contribution >= 0.6 is 0 Å². The van der Waals surface area contributed by atoms with Crippen LogP contribution in [0.3, 0.4) is 0 Å². The lowest BCUT2D eigenvalue weighted by Crippen LogP contribution is -2.34. The predicted octanol–water partition coefficient (Wildman–Crippen LogP) is 1.28. The highest BCUT2D eigenvalue weighted by atomic mass is 16.7. The average molecular weight is 256 g/mol. The second-order valence-corrected chi connectivity index (χ2v) is 4.15. The molecule has 0 aliphatic carbocycles. The molecule has 1 rings (SSSR count). The molecule has 1 N–H and O–H groups in total. The molecule has 0 fully saturated rings. The van der Waals surface area contributed by atoms with Gasteiger partial charge in [-0.05, 0) is 26.3 Å². The van der Waals surface area contributed by atoms with E-state index >= 15 is 0 Å². The molecule has 0 spiro atoms. The van der Waals surface area contributed by atoms with Crippen LogP contribution in [0.5, 0.6) is 0 Å². The average Bonchev–Trinajstić information content (AvgIpc) is 2.70. The Bertz CT molecular complexity index is 346. The van der Waals surface area contributed by atoms with E-state index < -0.39 is 12.4 Å². The molecule has 0 amide bonds. The molecule has 1 atom stereocenters. The van der Waals surface area contributed by atoms with E-state index in [0.29, 0.717) is 19.6 Å². The van der Waals surface area contributed by atoms with Crippen molar-refractivity contribution < 1.29 is 14.6 Å². The first-order chi connectivity index (χ1) is 8.62. The van der Waals surface area contributed by atoms with E-state index in [1.165, 1.54) is 0 Å². The number of nitrogens with zero attached hydrogens (tertiary/aromatic N) is 2. The Labute approximate surface area is 109 Å². The van der Waals surface area contributed by atoms with E-state index in [1.807, 2.05) is 27.0 Å². The van der Waals surface area contributed by atoms with E-state index in [1.54, 1.807) is 4.68 Å². The van der Waals surface area contributed by atoms with Crippen LogP contribution in [0, 0.1) is 0 Å². The molecule has 5 heteroatoms. The van der Waals surface area contributed by atoms with Crippen molar-refractivity contribution >= 4 is 0 Å². The van der Waals surface area contributed by atoms with Gasteiger partial charge in [-0.1, -0.05) is 6.92 Å². The van der Waals surface area contributed by atoms with Gasteiger partial charge in [0.05, 0.1) is 5.69 Å². The van der Waals surface area contributed by atoms with Crippen molar-refractivity contribution in [3.8, 4) is 0 Å². The summed E-state index contributed by atoms with van der Waals surface area (Å²) >= 11 is 0. The smallest absolute Gasteiger partial charge is 0.183 e. The molecule has 5 nitrogen and oxygen atoms in total. The van der Waals surface area contributed by atoms with Crippen molar-refractivity contribution in [1.29, 1.82) is 0 Å². The molecule has 0 aliphatic heterocycles. The molecule has 0 aliphatic rings. The minimum atomic E-state index is -0.676. The van der Waals surface area contributed by atoms with E-state index in [-0.39, 0.29) is 0 Å². The third-order valence-corrected chi connectivity index (χ3v) is 2.78. The number of aliphatic hydroxyl groups excluding tert-OH is 1. The van der Waals surface area contributed by atoms with Crippen LogP contribution in [-0.4, -0.2) is 40.5 Å². The highest BCUT2D eigenvalue weighted by Crippen LogP contribution is 2.11. The lowest BCUT2D eigenvalue weighted by atomic mass is 10.1. The number of hydrogen-bond acceptors (Lipinski definition) is 4. The van der Waals surface area contributed by atoms with Gasteiger partial charge in [0.15, 0.2) is 6.29 Å². The number of rotatable bonds is 8. The summed E-state index contributed by atoms with van der Waals surface area (Å²) in [5.41, 5.74) is 2.02. The summed E-state index contributed by atoms with van der Waals surface area (Å²) in [6, 6.07) is 2.01. The Hall–Kier alpha value is -0.910. The zero-order valence-corrected chi connectivity index (χ0v) is 11.7. The van der Waals surface area contributed by atoms with Gasteiger partial charge in [0.25, 0.3) is 0 Å². The first kappa shape index (κ1) is 15.1. The third kappa shape index (κ3) is 4.08. The Morgan fingerprint density at radius 1 is 1.28 bits per heavy atom. The van der Waals surface area contributed by atoms with E-state index in [9.17, 15) is 5.11 Å². The molecular weight excluding hydrogens is 232 g/mol. The standard InChI is InChI=1S/C13H24N2O3/c1-5-10-8-11(15(4)14-10)9-12(16)13(17-6-2)18-7-3/h8,12-13,16H,5-7,9H2,1-4H3. The summed E-state index contributed by atoms with van der Waals surface area (Å²) in [5, 5.41) is 14.5. The van der Waals surface area contributed by atoms with Crippen LogP contribution in [0.1, 0.15) is 32.2 Å². The SMILES string of the molecule is CCOC(OCC)C(O)Cc1cc(CC)nn1C. The normalized spacial score (nSPS) is 13.2. The van der Waals surface area contributed by atoms with Crippen molar-refractivity contribution in [1.82, 2.24) is 9.78 Å². The van der Waals surface area contributed by atoms with Crippen molar-refractivity contribution in [3.63, 3.8) is 0 Å². The van der Waals surface area contributed by atoms with Gasteiger partial charge >= 0.3 is 0 Å². The summed E-state index contributed by atoms with van der Waals surface area (Å²) in [4.78, 5) is 0. The topological polar surface area (TPSA) is 56.5 Å². The molecule has 1 unspecified atom stereocenters. The van der Waals surface area contributed by atoms with Gasteiger partial charge in [-0.3, -0.25) is 4.68 Å². The number of aliphatic hydroxyl groups is 1. The summed E-state index contributed by atoms with van der Waals surface area (Å²) < 4.78 is 12.6. The quantitative estimate of drug-likeness (QED) is 0.712. The van der Waals surface area contributed by atoms with Gasteiger partial charge < -0.3 is 14.6 Å². The van der Waals surface area contributed by atoms with Gasteiger partial charge in [-0.2, -0.15) is 5.10 Å². The Morgan fingerprint density at radius 3 is 2.33 bits per heavy atom. The number of ether oxygens (including phenoxy) is 2. The molecule has 0 saturated heterocycles. The molecule has 0 radical (unpaired) electrons. The first-order valence-electron chi connectivity index (χ1n) is 6.55. The second kappa shape index (κ2) is 7.51. The molecule has 1 aromatic rings. The fourth-order valence-corrected chi connectivity index (χ4v) is 1.84. The van der Waals surface area contributed by atoms with Crippen LogP contribution in [0.25, 0.3) is 0 Å². The van der Waals surface area contributed by atoms with Gasteiger partial charge in [0.2, 0.25) is 0 Å². The van der Waals surface area contributed by atoms with Gasteiger partial charge in [-0.25, -0.2) is 0 Å². The summed E-state index contributed by atoms with van der Waals surface area (Å²) in [7, 11) is 1.89. The summed E-state index contributed by atoms with van der Waals surface area (Å²) in [6.45, 7) is 6.88. The number of aryl methyl sites for hydroxylation is 2. The second-order valence-electron chi connectivity index (χ2n) is 4.15. The van der Waals surface area contributed by atoms with E-state index in [2.05, 4.69) is 12.0 Å². The van der Waals surface area contributed by atoms with E-state index in [4.69, 9.17) is 9.47 Å². The molecule has 0 bridgehead atoms. The fourth-order valence-electron chi connectivity index (χ4n) is 1.84. The zero-order valence-electron chi connectivity index (χ0n) is 11.7. The monoisotopic (exact) mass is 256 g/mol. The maximum Gasteiger partial charge on any atom is 0.183 e. The fraction of sp³-hybridized carbons (Fsp3) is 0.769. The zero-order chi connectivity index (χ0) is 13.5. The lowest BCUT2D eigenvalue weighted by molar-refractivity contribution is -0.189. The maximum atomic E-state index is 10.1. The van der Waals surface area contributed by atoms with Crippen molar-refractivity contribution in [3.05, 3.63) is 17.5 Å². The maximum absolute atomic E-state index is 10.1. The van der Waals surface area contributed by atoms with Crippen LogP contribution in [-0.2, 0) is 29.4 Å². The lowest BCUT2D eigenvalue weighted by Gasteiger charge is -2.22. The molecule has 0 aromatic carbocycles. The van der Waals surface area contributed by atoms with Gasteiger partial charge in [0, 0.05) is 32.4 Å².